The molecule has 1 aromatic carbocycles. The molecule has 0 saturated heterocycles. The predicted molar refractivity (Wildman–Crippen MR) is 77.8 cm³/mol. The van der Waals surface area contributed by atoms with Crippen molar-refractivity contribution in [1.29, 1.82) is 0 Å². The van der Waals surface area contributed by atoms with Crippen molar-refractivity contribution >= 4 is 44.7 Å². The molecular formula is C13H10BrClO2S. The van der Waals surface area contributed by atoms with Crippen LogP contribution in [0.1, 0.15) is 22.2 Å². The van der Waals surface area contributed by atoms with E-state index in [9.17, 15) is 4.79 Å². The third-order valence-corrected chi connectivity index (χ3v) is 4.51. The van der Waals surface area contributed by atoms with Gasteiger partial charge in [-0.3, -0.25) is 4.79 Å². The molecule has 0 N–H and O–H groups in total. The zero-order valence-corrected chi connectivity index (χ0v) is 12.7. The lowest BCUT2D eigenvalue weighted by Gasteiger charge is -2.09. The summed E-state index contributed by atoms with van der Waals surface area (Å²) < 4.78 is 6.70. The summed E-state index contributed by atoms with van der Waals surface area (Å²) in [5.74, 6) is 0.505. The van der Waals surface area contributed by atoms with Crippen molar-refractivity contribution in [2.75, 3.05) is 0 Å². The van der Waals surface area contributed by atoms with Gasteiger partial charge in [0.1, 0.15) is 12.4 Å². The quantitative estimate of drug-likeness (QED) is 0.733. The van der Waals surface area contributed by atoms with E-state index in [-0.39, 0.29) is 5.78 Å². The van der Waals surface area contributed by atoms with Crippen LogP contribution in [-0.2, 0) is 6.61 Å². The highest BCUT2D eigenvalue weighted by Gasteiger charge is 2.10. The van der Waals surface area contributed by atoms with Crippen molar-refractivity contribution in [2.24, 2.45) is 0 Å². The Bertz CT molecular complexity index is 580. The van der Waals surface area contributed by atoms with E-state index in [0.717, 1.165) is 9.35 Å². The Morgan fingerprint density at radius 3 is 2.83 bits per heavy atom. The number of ketones is 1. The van der Waals surface area contributed by atoms with Gasteiger partial charge in [0.25, 0.3) is 0 Å². The molecule has 1 heterocycles. The Morgan fingerprint density at radius 1 is 1.44 bits per heavy atom. The molecule has 2 rings (SSSR count). The lowest BCUT2D eigenvalue weighted by atomic mass is 10.1. The highest BCUT2D eigenvalue weighted by Crippen LogP contribution is 2.27. The maximum Gasteiger partial charge on any atom is 0.163 e. The molecule has 0 saturated carbocycles. The third-order valence-electron chi connectivity index (χ3n) is 2.37. The number of carbonyl (C=O) groups excluding carboxylic acids is 1. The summed E-state index contributed by atoms with van der Waals surface area (Å²) in [4.78, 5) is 12.6. The summed E-state index contributed by atoms with van der Waals surface area (Å²) in [5.41, 5.74) is 0.509. The van der Waals surface area contributed by atoms with Crippen molar-refractivity contribution < 1.29 is 9.53 Å². The van der Waals surface area contributed by atoms with Gasteiger partial charge in [0.05, 0.1) is 10.4 Å². The molecule has 0 aliphatic heterocycles. The smallest absolute Gasteiger partial charge is 0.163 e. The van der Waals surface area contributed by atoms with E-state index in [2.05, 4.69) is 15.9 Å². The average Bonchev–Trinajstić information content (AvgIpc) is 2.73. The molecule has 0 bridgehead atoms. The second kappa shape index (κ2) is 5.87. The van der Waals surface area contributed by atoms with E-state index < -0.39 is 0 Å². The molecule has 5 heteroatoms. The van der Waals surface area contributed by atoms with Gasteiger partial charge in [-0.15, -0.1) is 11.3 Å². The summed E-state index contributed by atoms with van der Waals surface area (Å²) in [6.45, 7) is 1.93. The Morgan fingerprint density at radius 2 is 2.22 bits per heavy atom. The fourth-order valence-electron chi connectivity index (χ4n) is 1.47. The first-order valence-electron chi connectivity index (χ1n) is 5.23. The topological polar surface area (TPSA) is 26.3 Å². The molecule has 0 atom stereocenters. The van der Waals surface area contributed by atoms with Gasteiger partial charge >= 0.3 is 0 Å². The van der Waals surface area contributed by atoms with Gasteiger partial charge in [0.2, 0.25) is 0 Å². The van der Waals surface area contributed by atoms with Gasteiger partial charge in [-0.2, -0.15) is 0 Å². The van der Waals surface area contributed by atoms with Crippen LogP contribution in [0.15, 0.2) is 34.1 Å². The molecule has 0 aliphatic carbocycles. The van der Waals surface area contributed by atoms with Crippen LogP contribution in [0.2, 0.25) is 5.02 Å². The standard InChI is InChI=1S/C13H10BrClO2S/c1-8(16)10-6-9(15)2-3-12(10)17-7-13-11(14)4-5-18-13/h2-6H,7H2,1H3. The molecule has 0 unspecified atom stereocenters. The molecule has 0 radical (unpaired) electrons. The number of carbonyl (C=O) groups is 1. The molecule has 18 heavy (non-hydrogen) atoms. The number of hydrogen-bond donors (Lipinski definition) is 0. The number of halogens is 2. The van der Waals surface area contributed by atoms with E-state index in [1.807, 2.05) is 11.4 Å². The van der Waals surface area contributed by atoms with Crippen LogP contribution < -0.4 is 4.74 Å². The number of thiophene rings is 1. The van der Waals surface area contributed by atoms with Gasteiger partial charge in [-0.05, 0) is 52.5 Å². The van der Waals surface area contributed by atoms with Gasteiger partial charge in [0, 0.05) is 9.50 Å². The summed E-state index contributed by atoms with van der Waals surface area (Å²) in [6, 6.07) is 7.03. The van der Waals surface area contributed by atoms with Gasteiger partial charge in [-0.1, -0.05) is 11.6 Å². The first-order chi connectivity index (χ1) is 8.58. The van der Waals surface area contributed by atoms with E-state index in [0.29, 0.717) is 22.9 Å². The Balaban J connectivity index is 2.19. The van der Waals surface area contributed by atoms with Crippen molar-refractivity contribution in [3.63, 3.8) is 0 Å². The van der Waals surface area contributed by atoms with Crippen LogP contribution in [0.25, 0.3) is 0 Å². The Labute approximate surface area is 123 Å². The normalized spacial score (nSPS) is 10.4. The number of ether oxygens (including phenoxy) is 1. The van der Waals surface area contributed by atoms with Gasteiger partial charge < -0.3 is 4.74 Å². The first kappa shape index (κ1) is 13.6. The molecule has 1 aromatic heterocycles. The number of Topliss-reactive ketones (excluding diaryl/α,β-unsaturated/α-hetero) is 1. The van der Waals surface area contributed by atoms with Crippen LogP contribution in [0.3, 0.4) is 0 Å². The van der Waals surface area contributed by atoms with E-state index in [1.165, 1.54) is 6.92 Å². The van der Waals surface area contributed by atoms with Crippen LogP contribution in [-0.4, -0.2) is 5.78 Å². The largest absolute Gasteiger partial charge is 0.487 e. The van der Waals surface area contributed by atoms with Crippen LogP contribution in [0.4, 0.5) is 0 Å². The predicted octanol–water partition coefficient (Wildman–Crippen LogP) is 4.95. The first-order valence-corrected chi connectivity index (χ1v) is 7.28. The molecule has 0 amide bonds. The van der Waals surface area contributed by atoms with Gasteiger partial charge in [-0.25, -0.2) is 0 Å². The van der Waals surface area contributed by atoms with Crippen molar-refractivity contribution in [3.8, 4) is 5.75 Å². The minimum Gasteiger partial charge on any atom is -0.487 e. The van der Waals surface area contributed by atoms with E-state index in [4.69, 9.17) is 16.3 Å². The Hall–Kier alpha value is -0.840. The maximum absolute atomic E-state index is 11.5. The minimum atomic E-state index is -0.0576. The van der Waals surface area contributed by atoms with Crippen molar-refractivity contribution in [1.82, 2.24) is 0 Å². The zero-order valence-electron chi connectivity index (χ0n) is 9.57. The Kier molecular flexibility index (Phi) is 4.43. The second-order valence-corrected chi connectivity index (χ2v) is 5.97. The monoisotopic (exact) mass is 344 g/mol. The highest BCUT2D eigenvalue weighted by molar-refractivity contribution is 9.10. The molecule has 0 spiro atoms. The molecule has 94 valence electrons. The summed E-state index contributed by atoms with van der Waals surface area (Å²) in [6.07, 6.45) is 0. The number of benzene rings is 1. The van der Waals surface area contributed by atoms with Crippen molar-refractivity contribution in [2.45, 2.75) is 13.5 Å². The summed E-state index contributed by atoms with van der Waals surface area (Å²) in [7, 11) is 0. The van der Waals surface area contributed by atoms with E-state index >= 15 is 0 Å². The second-order valence-electron chi connectivity index (χ2n) is 3.68. The lowest BCUT2D eigenvalue weighted by molar-refractivity contribution is 0.101. The maximum atomic E-state index is 11.5. The summed E-state index contributed by atoms with van der Waals surface area (Å²) in [5, 5.41) is 2.51. The summed E-state index contributed by atoms with van der Waals surface area (Å²) >= 11 is 10.9. The van der Waals surface area contributed by atoms with E-state index in [1.54, 1.807) is 29.5 Å². The van der Waals surface area contributed by atoms with Crippen LogP contribution in [0, 0.1) is 0 Å². The molecule has 2 nitrogen and oxygen atoms in total. The van der Waals surface area contributed by atoms with Gasteiger partial charge in [0.15, 0.2) is 5.78 Å². The highest BCUT2D eigenvalue weighted by atomic mass is 79.9. The minimum absolute atomic E-state index is 0.0576. The van der Waals surface area contributed by atoms with Crippen LogP contribution >= 0.6 is 38.9 Å². The fourth-order valence-corrected chi connectivity index (χ4v) is 3.02. The van der Waals surface area contributed by atoms with Crippen LogP contribution in [0.5, 0.6) is 5.75 Å². The molecule has 0 fully saturated rings. The molecular weight excluding hydrogens is 336 g/mol. The van der Waals surface area contributed by atoms with Crippen molar-refractivity contribution in [3.05, 3.63) is 49.6 Å². The lowest BCUT2D eigenvalue weighted by Crippen LogP contribution is -2.01. The molecule has 2 aromatic rings. The number of rotatable bonds is 4. The average molecular weight is 346 g/mol. The molecule has 0 aliphatic rings. The third kappa shape index (κ3) is 3.13. The zero-order chi connectivity index (χ0) is 13.1. The fraction of sp³-hybridized carbons (Fsp3) is 0.154. The number of hydrogen-bond acceptors (Lipinski definition) is 3. The SMILES string of the molecule is CC(=O)c1cc(Cl)ccc1OCc1sccc1Br.